The van der Waals surface area contributed by atoms with E-state index in [0.717, 1.165) is 6.07 Å². The summed E-state index contributed by atoms with van der Waals surface area (Å²) in [6, 6.07) is 6.13. The van der Waals surface area contributed by atoms with E-state index in [4.69, 9.17) is 4.52 Å². The van der Waals surface area contributed by atoms with Gasteiger partial charge in [-0.1, -0.05) is 11.2 Å². The number of hydrogen-bond acceptors (Lipinski definition) is 7. The first kappa shape index (κ1) is 21.5. The molecule has 0 spiro atoms. The molecule has 3 aromatic heterocycles. The van der Waals surface area contributed by atoms with E-state index in [1.807, 2.05) is 0 Å². The number of amides is 2. The molecule has 5 rings (SSSR count). The van der Waals surface area contributed by atoms with Crippen LogP contribution in [-0.2, 0) is 4.74 Å². The molecule has 0 aliphatic carbocycles. The number of nitrogens with zero attached hydrogens (tertiary/aromatic N) is 5. The van der Waals surface area contributed by atoms with Gasteiger partial charge in [-0.3, -0.25) is 9.20 Å². The molecule has 1 aliphatic heterocycles. The quantitative estimate of drug-likeness (QED) is 0.488. The van der Waals surface area contributed by atoms with Gasteiger partial charge in [0, 0.05) is 24.8 Å². The van der Waals surface area contributed by atoms with Crippen molar-refractivity contribution in [2.24, 2.45) is 0 Å². The Labute approximate surface area is 191 Å². The highest BCUT2D eigenvalue weighted by Crippen LogP contribution is 2.33. The lowest BCUT2D eigenvalue weighted by Crippen LogP contribution is -2.48. The summed E-state index contributed by atoms with van der Waals surface area (Å²) in [6.07, 6.45) is 2.51. The van der Waals surface area contributed by atoms with Crippen molar-refractivity contribution in [3.05, 3.63) is 65.4 Å². The topological polar surface area (TPSA) is 115 Å². The van der Waals surface area contributed by atoms with Gasteiger partial charge in [-0.2, -0.15) is 4.98 Å². The van der Waals surface area contributed by atoms with Crippen LogP contribution in [0, 0.1) is 18.6 Å². The van der Waals surface area contributed by atoms with Crippen LogP contribution in [0.5, 0.6) is 0 Å². The van der Waals surface area contributed by atoms with Crippen LogP contribution in [0.4, 0.5) is 19.3 Å². The van der Waals surface area contributed by atoms with Gasteiger partial charge in [0.25, 0.3) is 11.8 Å². The fourth-order valence-electron chi connectivity index (χ4n) is 3.73. The SMILES string of the molecule is COC(=O)N1CC(c2noc(-c3cc(F)c(C)c(NC(=O)c4cnc5ccccn45)c3F)n2)C1. The Hall–Kier alpha value is -4.35. The third-order valence-electron chi connectivity index (χ3n) is 5.70. The summed E-state index contributed by atoms with van der Waals surface area (Å²) < 4.78 is 41.5. The minimum Gasteiger partial charge on any atom is -0.453 e. The van der Waals surface area contributed by atoms with Gasteiger partial charge in [0.2, 0.25) is 0 Å². The molecular weight excluding hydrogens is 450 g/mol. The van der Waals surface area contributed by atoms with Crippen molar-refractivity contribution in [3.8, 4) is 11.5 Å². The van der Waals surface area contributed by atoms with Crippen molar-refractivity contribution in [2.75, 3.05) is 25.5 Å². The van der Waals surface area contributed by atoms with Gasteiger partial charge in [-0.05, 0) is 25.1 Å². The van der Waals surface area contributed by atoms with E-state index in [1.54, 1.807) is 24.4 Å². The predicted octanol–water partition coefficient (Wildman–Crippen LogP) is 3.39. The van der Waals surface area contributed by atoms with Gasteiger partial charge in [-0.15, -0.1) is 0 Å². The van der Waals surface area contributed by atoms with Crippen LogP contribution in [-0.4, -0.2) is 56.6 Å². The Kier molecular flexibility index (Phi) is 5.19. The lowest BCUT2D eigenvalue weighted by molar-refractivity contribution is 0.0857. The number of aromatic nitrogens is 4. The second kappa shape index (κ2) is 8.21. The zero-order valence-corrected chi connectivity index (χ0v) is 18.1. The van der Waals surface area contributed by atoms with Crippen LogP contribution < -0.4 is 5.32 Å². The number of likely N-dealkylation sites (tertiary alicyclic amines) is 1. The molecule has 4 heterocycles. The van der Waals surface area contributed by atoms with Gasteiger partial charge in [0.15, 0.2) is 11.6 Å². The number of rotatable bonds is 4. The monoisotopic (exact) mass is 468 g/mol. The van der Waals surface area contributed by atoms with Gasteiger partial charge in [0.1, 0.15) is 17.2 Å². The molecule has 0 bridgehead atoms. The summed E-state index contributed by atoms with van der Waals surface area (Å²) in [5.41, 5.74) is -0.0354. The van der Waals surface area contributed by atoms with Gasteiger partial charge in [-0.25, -0.2) is 18.6 Å². The number of imidazole rings is 1. The summed E-state index contributed by atoms with van der Waals surface area (Å²) >= 11 is 0. The van der Waals surface area contributed by atoms with Crippen molar-refractivity contribution in [1.29, 1.82) is 0 Å². The number of fused-ring (bicyclic) bond motifs is 1. The summed E-state index contributed by atoms with van der Waals surface area (Å²) in [4.78, 5) is 34.1. The standard InChI is InChI=1S/C22H18F2N6O4/c1-11-14(23)7-13(21-27-19(28-34-21)12-9-29(10-12)22(32)33-2)17(24)18(11)26-20(31)15-8-25-16-5-3-4-6-30(15)16/h3-8,12H,9-10H2,1-2H3,(H,26,31). The van der Waals surface area contributed by atoms with Crippen LogP contribution in [0.25, 0.3) is 17.1 Å². The van der Waals surface area contributed by atoms with Crippen LogP contribution in [0.1, 0.15) is 27.8 Å². The number of nitrogens with one attached hydrogen (secondary N) is 1. The minimum atomic E-state index is -0.916. The number of benzene rings is 1. The van der Waals surface area contributed by atoms with Gasteiger partial charge >= 0.3 is 6.09 Å². The molecule has 12 heteroatoms. The summed E-state index contributed by atoms with van der Waals surface area (Å²) in [7, 11) is 1.28. The van der Waals surface area contributed by atoms with Crippen LogP contribution in [0.3, 0.4) is 0 Å². The number of methoxy groups -OCH3 is 1. The van der Waals surface area contributed by atoms with Crippen LogP contribution in [0.15, 0.2) is 41.2 Å². The number of carbonyl (C=O) groups excluding carboxylic acids is 2. The van der Waals surface area contributed by atoms with E-state index in [2.05, 4.69) is 25.2 Å². The number of hydrogen-bond donors (Lipinski definition) is 1. The second-order valence-corrected chi connectivity index (χ2v) is 7.78. The largest absolute Gasteiger partial charge is 0.453 e. The molecular formula is C22H18F2N6O4. The lowest BCUT2D eigenvalue weighted by Gasteiger charge is -2.35. The summed E-state index contributed by atoms with van der Waals surface area (Å²) in [6.45, 7) is 1.98. The Balaban J connectivity index is 1.43. The molecule has 0 atom stereocenters. The highest BCUT2D eigenvalue weighted by Gasteiger charge is 2.36. The average molecular weight is 468 g/mol. The molecule has 10 nitrogen and oxygen atoms in total. The maximum Gasteiger partial charge on any atom is 0.409 e. The third-order valence-corrected chi connectivity index (χ3v) is 5.70. The lowest BCUT2D eigenvalue weighted by atomic mass is 10.0. The van der Waals surface area contributed by atoms with E-state index in [0.29, 0.717) is 18.7 Å². The molecule has 0 radical (unpaired) electrons. The molecule has 0 saturated carbocycles. The Morgan fingerprint density at radius 2 is 2.06 bits per heavy atom. The zero-order chi connectivity index (χ0) is 24.0. The Morgan fingerprint density at radius 3 is 2.82 bits per heavy atom. The normalized spacial score (nSPS) is 13.7. The molecule has 1 saturated heterocycles. The maximum absolute atomic E-state index is 15.4. The molecule has 1 fully saturated rings. The number of pyridine rings is 1. The van der Waals surface area contributed by atoms with E-state index in [1.165, 1.54) is 29.5 Å². The van der Waals surface area contributed by atoms with Crippen molar-refractivity contribution < 1.29 is 27.6 Å². The molecule has 34 heavy (non-hydrogen) atoms. The first-order valence-corrected chi connectivity index (χ1v) is 10.3. The number of ether oxygens (including phenoxy) is 1. The van der Waals surface area contributed by atoms with Crippen molar-refractivity contribution >= 4 is 23.3 Å². The van der Waals surface area contributed by atoms with Crippen LogP contribution in [0.2, 0.25) is 0 Å². The van der Waals surface area contributed by atoms with E-state index < -0.39 is 23.6 Å². The van der Waals surface area contributed by atoms with E-state index >= 15 is 4.39 Å². The van der Waals surface area contributed by atoms with E-state index in [9.17, 15) is 14.0 Å². The minimum absolute atomic E-state index is 0.0872. The highest BCUT2D eigenvalue weighted by molar-refractivity contribution is 6.04. The van der Waals surface area contributed by atoms with Crippen LogP contribution >= 0.6 is 0 Å². The predicted molar refractivity (Wildman–Crippen MR) is 114 cm³/mol. The third kappa shape index (κ3) is 3.52. The Morgan fingerprint density at radius 1 is 1.26 bits per heavy atom. The molecule has 1 aliphatic rings. The van der Waals surface area contributed by atoms with Crippen molar-refractivity contribution in [3.63, 3.8) is 0 Å². The molecule has 4 aromatic rings. The fourth-order valence-corrected chi connectivity index (χ4v) is 3.73. The maximum atomic E-state index is 15.4. The zero-order valence-electron chi connectivity index (χ0n) is 18.1. The molecule has 0 unspecified atom stereocenters. The molecule has 1 aromatic carbocycles. The molecule has 2 amide bonds. The smallest absolute Gasteiger partial charge is 0.409 e. The van der Waals surface area contributed by atoms with Gasteiger partial charge < -0.3 is 19.5 Å². The Bertz CT molecular complexity index is 1430. The summed E-state index contributed by atoms with van der Waals surface area (Å²) in [5.74, 6) is -2.55. The molecule has 1 N–H and O–H groups in total. The number of carbonyl (C=O) groups is 2. The van der Waals surface area contributed by atoms with Gasteiger partial charge in [0.05, 0.1) is 30.5 Å². The van der Waals surface area contributed by atoms with Crippen molar-refractivity contribution in [1.82, 2.24) is 24.4 Å². The fraction of sp³-hybridized carbons (Fsp3) is 0.227. The van der Waals surface area contributed by atoms with Crippen molar-refractivity contribution in [2.45, 2.75) is 12.8 Å². The first-order valence-electron chi connectivity index (χ1n) is 10.3. The molecule has 174 valence electrons. The summed E-state index contributed by atoms with van der Waals surface area (Å²) in [5, 5.41) is 6.28. The number of anilines is 1. The highest BCUT2D eigenvalue weighted by atomic mass is 19.1. The number of halogens is 2. The first-order chi connectivity index (χ1) is 16.4. The van der Waals surface area contributed by atoms with E-state index in [-0.39, 0.29) is 40.1 Å². The second-order valence-electron chi connectivity index (χ2n) is 7.78. The average Bonchev–Trinajstić information content (AvgIpc) is 3.45.